The van der Waals surface area contributed by atoms with Crippen LogP contribution < -0.4 is 11.1 Å². The Balaban J connectivity index is 2.68. The summed E-state index contributed by atoms with van der Waals surface area (Å²) in [7, 11) is 0. The molecule has 6 heteroatoms. The maximum Gasteiger partial charge on any atom is 0.407 e. The zero-order valence-corrected chi connectivity index (χ0v) is 11.7. The molecule has 3 N–H and O–H groups in total. The summed E-state index contributed by atoms with van der Waals surface area (Å²) in [6, 6.07) is 6.95. The smallest absolute Gasteiger partial charge is 0.407 e. The van der Waals surface area contributed by atoms with Crippen LogP contribution in [-0.4, -0.2) is 31.3 Å². The number of hydrogen-bond acceptors (Lipinski definition) is 5. The van der Waals surface area contributed by atoms with Gasteiger partial charge in [-0.1, -0.05) is 18.2 Å². The number of hydrogen-bond donors (Lipinski definition) is 2. The van der Waals surface area contributed by atoms with Gasteiger partial charge >= 0.3 is 12.1 Å². The van der Waals surface area contributed by atoms with E-state index in [1.807, 2.05) is 18.2 Å². The Labute approximate surface area is 118 Å². The Kier molecular flexibility index (Phi) is 6.36. The van der Waals surface area contributed by atoms with Gasteiger partial charge in [0.2, 0.25) is 0 Å². The number of benzene rings is 1. The SMILES string of the molecule is CCOC(=O)N[C@H](COC(C)=O)Cc1ccccc1N. The van der Waals surface area contributed by atoms with Crippen LogP contribution in [0.5, 0.6) is 0 Å². The average Bonchev–Trinajstić information content (AvgIpc) is 2.38. The molecule has 0 aromatic heterocycles. The molecule has 0 aliphatic heterocycles. The molecular formula is C14H20N2O4. The maximum absolute atomic E-state index is 11.5. The van der Waals surface area contributed by atoms with E-state index in [1.54, 1.807) is 13.0 Å². The van der Waals surface area contributed by atoms with Gasteiger partial charge in [-0.25, -0.2) is 4.79 Å². The van der Waals surface area contributed by atoms with Crippen molar-refractivity contribution in [2.45, 2.75) is 26.3 Å². The molecule has 0 radical (unpaired) electrons. The second-order valence-electron chi connectivity index (χ2n) is 4.27. The van der Waals surface area contributed by atoms with Crippen molar-refractivity contribution in [3.8, 4) is 0 Å². The molecule has 6 nitrogen and oxygen atoms in total. The van der Waals surface area contributed by atoms with E-state index >= 15 is 0 Å². The second-order valence-corrected chi connectivity index (χ2v) is 4.27. The molecule has 0 unspecified atom stereocenters. The largest absolute Gasteiger partial charge is 0.464 e. The number of esters is 1. The van der Waals surface area contributed by atoms with Gasteiger partial charge in [0.15, 0.2) is 0 Å². The fourth-order valence-corrected chi connectivity index (χ4v) is 1.69. The third kappa shape index (κ3) is 5.60. The highest BCUT2D eigenvalue weighted by atomic mass is 16.6. The molecule has 1 amide bonds. The summed E-state index contributed by atoms with van der Waals surface area (Å²) >= 11 is 0. The Morgan fingerprint density at radius 1 is 1.30 bits per heavy atom. The van der Waals surface area contributed by atoms with Crippen LogP contribution in [0.4, 0.5) is 10.5 Å². The first-order valence-electron chi connectivity index (χ1n) is 6.43. The summed E-state index contributed by atoms with van der Waals surface area (Å²) in [6.07, 6.45) is -0.0853. The Bertz CT molecular complexity index is 462. The van der Waals surface area contributed by atoms with Crippen molar-refractivity contribution in [1.29, 1.82) is 0 Å². The van der Waals surface area contributed by atoms with Gasteiger partial charge in [0.05, 0.1) is 12.6 Å². The molecule has 0 spiro atoms. The first-order chi connectivity index (χ1) is 9.52. The molecule has 1 aromatic rings. The predicted molar refractivity (Wildman–Crippen MR) is 75.1 cm³/mol. The molecule has 0 saturated heterocycles. The summed E-state index contributed by atoms with van der Waals surface area (Å²) in [4.78, 5) is 22.4. The maximum atomic E-state index is 11.5. The molecule has 0 fully saturated rings. The molecule has 0 heterocycles. The minimum absolute atomic E-state index is 0.0719. The van der Waals surface area contributed by atoms with Crippen LogP contribution in [0.3, 0.4) is 0 Å². The number of nitrogen functional groups attached to an aromatic ring is 1. The van der Waals surface area contributed by atoms with E-state index in [1.165, 1.54) is 6.92 Å². The van der Waals surface area contributed by atoms with Crippen molar-refractivity contribution >= 4 is 17.7 Å². The van der Waals surface area contributed by atoms with Crippen molar-refractivity contribution in [2.75, 3.05) is 18.9 Å². The molecule has 110 valence electrons. The third-order valence-electron chi connectivity index (χ3n) is 2.61. The Morgan fingerprint density at radius 2 is 2.00 bits per heavy atom. The number of alkyl carbamates (subject to hydrolysis) is 1. The number of ether oxygens (including phenoxy) is 2. The average molecular weight is 280 g/mol. The lowest BCUT2D eigenvalue weighted by molar-refractivity contribution is -0.141. The lowest BCUT2D eigenvalue weighted by Crippen LogP contribution is -2.40. The second kappa shape index (κ2) is 8.04. The lowest BCUT2D eigenvalue weighted by Gasteiger charge is -2.19. The van der Waals surface area contributed by atoms with Gasteiger partial charge in [-0.3, -0.25) is 4.79 Å². The van der Waals surface area contributed by atoms with Gasteiger partial charge in [-0.05, 0) is 25.0 Å². The van der Waals surface area contributed by atoms with Crippen LogP contribution in [-0.2, 0) is 20.7 Å². The third-order valence-corrected chi connectivity index (χ3v) is 2.61. The van der Waals surface area contributed by atoms with Crippen molar-refractivity contribution in [2.24, 2.45) is 0 Å². The highest BCUT2D eigenvalue weighted by molar-refractivity contribution is 5.68. The summed E-state index contributed by atoms with van der Waals surface area (Å²) < 4.78 is 9.77. The van der Waals surface area contributed by atoms with Crippen LogP contribution in [0.2, 0.25) is 0 Å². The highest BCUT2D eigenvalue weighted by Gasteiger charge is 2.16. The topological polar surface area (TPSA) is 90.6 Å². The van der Waals surface area contributed by atoms with E-state index in [-0.39, 0.29) is 19.3 Å². The van der Waals surface area contributed by atoms with Crippen LogP contribution >= 0.6 is 0 Å². The molecule has 1 aromatic carbocycles. The summed E-state index contributed by atoms with van der Waals surface area (Å²) in [6.45, 7) is 3.39. The Hall–Kier alpha value is -2.24. The van der Waals surface area contributed by atoms with Gasteiger partial charge in [0.25, 0.3) is 0 Å². The zero-order valence-electron chi connectivity index (χ0n) is 11.7. The molecule has 0 aliphatic carbocycles. The Morgan fingerprint density at radius 3 is 2.60 bits per heavy atom. The van der Waals surface area contributed by atoms with Crippen LogP contribution in [0.25, 0.3) is 0 Å². The number of para-hydroxylation sites is 1. The molecule has 0 bridgehead atoms. The minimum atomic E-state index is -0.542. The molecule has 20 heavy (non-hydrogen) atoms. The summed E-state index contributed by atoms with van der Waals surface area (Å²) in [5.41, 5.74) is 7.37. The molecule has 0 aliphatic rings. The number of anilines is 1. The fraction of sp³-hybridized carbons (Fsp3) is 0.429. The minimum Gasteiger partial charge on any atom is -0.464 e. The molecule has 1 atom stereocenters. The first-order valence-corrected chi connectivity index (χ1v) is 6.43. The van der Waals surface area contributed by atoms with Crippen molar-refractivity contribution in [3.63, 3.8) is 0 Å². The molecule has 0 saturated carbocycles. The van der Waals surface area contributed by atoms with E-state index in [9.17, 15) is 9.59 Å². The molecule has 1 rings (SSSR count). The quantitative estimate of drug-likeness (QED) is 0.608. The van der Waals surface area contributed by atoms with Gasteiger partial charge in [0, 0.05) is 12.6 Å². The van der Waals surface area contributed by atoms with Crippen LogP contribution in [0.1, 0.15) is 19.4 Å². The lowest BCUT2D eigenvalue weighted by atomic mass is 10.0. The van der Waals surface area contributed by atoms with E-state index in [0.29, 0.717) is 12.1 Å². The van der Waals surface area contributed by atoms with E-state index in [4.69, 9.17) is 15.2 Å². The highest BCUT2D eigenvalue weighted by Crippen LogP contribution is 2.13. The van der Waals surface area contributed by atoms with Gasteiger partial charge in [0.1, 0.15) is 6.61 Å². The number of nitrogens with one attached hydrogen (secondary N) is 1. The van der Waals surface area contributed by atoms with Gasteiger partial charge in [-0.2, -0.15) is 0 Å². The number of nitrogens with two attached hydrogens (primary N) is 1. The number of carbonyl (C=O) groups excluding carboxylic acids is 2. The zero-order chi connectivity index (χ0) is 15.0. The van der Waals surface area contributed by atoms with Gasteiger partial charge < -0.3 is 20.5 Å². The summed E-state index contributed by atoms with van der Waals surface area (Å²) in [5, 5.41) is 2.66. The predicted octanol–water partition coefficient (Wildman–Crippen LogP) is 1.49. The van der Waals surface area contributed by atoms with E-state index < -0.39 is 12.1 Å². The number of rotatable bonds is 6. The summed E-state index contributed by atoms with van der Waals surface area (Å²) in [5.74, 6) is -0.401. The number of carbonyl (C=O) groups is 2. The van der Waals surface area contributed by atoms with E-state index in [2.05, 4.69) is 5.32 Å². The van der Waals surface area contributed by atoms with Crippen LogP contribution in [0.15, 0.2) is 24.3 Å². The van der Waals surface area contributed by atoms with Crippen molar-refractivity contribution < 1.29 is 19.1 Å². The molecular weight excluding hydrogens is 260 g/mol. The van der Waals surface area contributed by atoms with E-state index in [0.717, 1.165) is 5.56 Å². The van der Waals surface area contributed by atoms with Crippen molar-refractivity contribution in [3.05, 3.63) is 29.8 Å². The van der Waals surface area contributed by atoms with Crippen LogP contribution in [0, 0.1) is 0 Å². The standard InChI is InChI=1S/C14H20N2O4/c1-3-19-14(18)16-12(9-20-10(2)17)8-11-6-4-5-7-13(11)15/h4-7,12H,3,8-9,15H2,1-2H3,(H,16,18)/t12-/m0/s1. The van der Waals surface area contributed by atoms with Gasteiger partial charge in [-0.15, -0.1) is 0 Å². The van der Waals surface area contributed by atoms with Crippen molar-refractivity contribution in [1.82, 2.24) is 5.32 Å². The first kappa shape index (κ1) is 15.8. The fourth-order valence-electron chi connectivity index (χ4n) is 1.69. The monoisotopic (exact) mass is 280 g/mol. The number of amides is 1. The normalized spacial score (nSPS) is 11.5.